The van der Waals surface area contributed by atoms with Crippen molar-refractivity contribution >= 4 is 34.5 Å². The highest BCUT2D eigenvalue weighted by atomic mass is 32.2. The maximum atomic E-state index is 5.16. The van der Waals surface area contributed by atoms with Gasteiger partial charge in [-0.3, -0.25) is 4.99 Å². The minimum atomic E-state index is 0.459. The molecule has 1 nitrogen and oxygen atoms in total. The number of hydrogen-bond acceptors (Lipinski definition) is 3. The van der Waals surface area contributed by atoms with Gasteiger partial charge in [-0.05, 0) is 47.5 Å². The minimum Gasteiger partial charge on any atom is -0.251 e. The molecule has 0 radical (unpaired) electrons. The van der Waals surface area contributed by atoms with Crippen molar-refractivity contribution in [3.63, 3.8) is 0 Å². The van der Waals surface area contributed by atoms with Crippen LogP contribution in [0.2, 0.25) is 0 Å². The highest BCUT2D eigenvalue weighted by molar-refractivity contribution is 7.99. The zero-order valence-corrected chi connectivity index (χ0v) is 14.8. The van der Waals surface area contributed by atoms with Crippen molar-refractivity contribution < 1.29 is 0 Å². The second kappa shape index (κ2) is 5.91. The fourth-order valence-electron chi connectivity index (χ4n) is 3.78. The van der Waals surface area contributed by atoms with Crippen LogP contribution in [-0.2, 0) is 6.42 Å². The fraction of sp³-hybridized carbons (Fsp3) is 0.190. The van der Waals surface area contributed by atoms with E-state index in [0.717, 1.165) is 12.1 Å². The molecule has 1 aliphatic carbocycles. The van der Waals surface area contributed by atoms with Gasteiger partial charge in [-0.1, -0.05) is 42.5 Å². The third kappa shape index (κ3) is 2.35. The molecule has 5 rings (SSSR count). The molecule has 118 valence electrons. The third-order valence-electron chi connectivity index (χ3n) is 4.92. The summed E-state index contributed by atoms with van der Waals surface area (Å²) in [4.78, 5) is 7.93. The molecule has 2 atom stereocenters. The summed E-state index contributed by atoms with van der Waals surface area (Å²) in [7, 11) is 0. The number of thiophene rings is 1. The number of para-hydroxylation sites is 1. The van der Waals surface area contributed by atoms with E-state index in [0.29, 0.717) is 11.2 Å². The Labute approximate surface area is 150 Å². The fourth-order valence-corrected chi connectivity index (χ4v) is 6.15. The van der Waals surface area contributed by atoms with Gasteiger partial charge in [0.05, 0.1) is 16.6 Å². The molecule has 2 heterocycles. The smallest absolute Gasteiger partial charge is 0.0769 e. The van der Waals surface area contributed by atoms with Crippen LogP contribution < -0.4 is 0 Å². The maximum absolute atomic E-state index is 5.16. The number of aliphatic imine (C=N–C) groups is 1. The molecule has 0 amide bonds. The Morgan fingerprint density at radius 3 is 2.71 bits per heavy atom. The molecule has 0 unspecified atom stereocenters. The van der Waals surface area contributed by atoms with Gasteiger partial charge in [-0.25, -0.2) is 0 Å². The van der Waals surface area contributed by atoms with E-state index in [1.165, 1.54) is 33.0 Å². The summed E-state index contributed by atoms with van der Waals surface area (Å²) >= 11 is 3.87. The summed E-state index contributed by atoms with van der Waals surface area (Å²) in [6, 6.07) is 21.9. The van der Waals surface area contributed by atoms with Crippen LogP contribution in [0.5, 0.6) is 0 Å². The van der Waals surface area contributed by atoms with Crippen molar-refractivity contribution in [3.8, 4) is 0 Å². The molecule has 3 aromatic rings. The van der Waals surface area contributed by atoms with Crippen molar-refractivity contribution in [2.24, 2.45) is 10.9 Å². The van der Waals surface area contributed by atoms with Crippen LogP contribution in [0, 0.1) is 5.92 Å². The SMILES string of the molecule is c1csc([C@@H]2Sc3ccccc3N=C3c4ccccc4CC[C@@H]32)c1. The molecule has 0 fully saturated rings. The normalized spacial score (nSPS) is 21.9. The van der Waals surface area contributed by atoms with E-state index in [9.17, 15) is 0 Å². The van der Waals surface area contributed by atoms with Crippen LogP contribution in [-0.4, -0.2) is 5.71 Å². The number of thioether (sulfide) groups is 1. The van der Waals surface area contributed by atoms with Gasteiger partial charge < -0.3 is 0 Å². The molecule has 0 bridgehead atoms. The Balaban J connectivity index is 1.73. The van der Waals surface area contributed by atoms with E-state index in [1.807, 2.05) is 23.1 Å². The number of rotatable bonds is 1. The second-order valence-corrected chi connectivity index (χ2v) is 8.48. The monoisotopic (exact) mass is 347 g/mol. The lowest BCUT2D eigenvalue weighted by atomic mass is 9.80. The van der Waals surface area contributed by atoms with Crippen molar-refractivity contribution in [1.82, 2.24) is 0 Å². The van der Waals surface area contributed by atoms with Crippen LogP contribution >= 0.6 is 23.1 Å². The Hall–Kier alpha value is -1.84. The lowest BCUT2D eigenvalue weighted by molar-refractivity contribution is 0.602. The van der Waals surface area contributed by atoms with E-state index in [1.54, 1.807) is 0 Å². The first-order valence-corrected chi connectivity index (χ1v) is 10.1. The summed E-state index contributed by atoms with van der Waals surface area (Å²) in [6.07, 6.45) is 2.33. The van der Waals surface area contributed by atoms with E-state index in [-0.39, 0.29) is 0 Å². The molecular formula is C21H17NS2. The maximum Gasteiger partial charge on any atom is 0.0769 e. The highest BCUT2D eigenvalue weighted by Crippen LogP contribution is 2.51. The van der Waals surface area contributed by atoms with E-state index >= 15 is 0 Å². The number of aryl methyl sites for hydroxylation is 1. The zero-order chi connectivity index (χ0) is 15.9. The topological polar surface area (TPSA) is 12.4 Å². The Kier molecular flexibility index (Phi) is 3.57. The largest absolute Gasteiger partial charge is 0.251 e. The predicted octanol–water partition coefficient (Wildman–Crippen LogP) is 6.28. The van der Waals surface area contributed by atoms with Gasteiger partial charge in [-0.2, -0.15) is 0 Å². The lowest BCUT2D eigenvalue weighted by Gasteiger charge is -2.30. The molecule has 0 saturated carbocycles. The summed E-state index contributed by atoms with van der Waals surface area (Å²) in [6.45, 7) is 0. The zero-order valence-electron chi connectivity index (χ0n) is 13.2. The van der Waals surface area contributed by atoms with Crippen LogP contribution in [0.3, 0.4) is 0 Å². The number of fused-ring (bicyclic) bond motifs is 4. The van der Waals surface area contributed by atoms with Gasteiger partial charge in [0.2, 0.25) is 0 Å². The van der Waals surface area contributed by atoms with E-state index < -0.39 is 0 Å². The summed E-state index contributed by atoms with van der Waals surface area (Å²) in [5.41, 5.74) is 5.21. The molecule has 1 aliphatic heterocycles. The molecule has 2 aliphatic rings. The first-order valence-electron chi connectivity index (χ1n) is 8.36. The minimum absolute atomic E-state index is 0.459. The first-order chi connectivity index (χ1) is 11.9. The standard InChI is InChI=1S/C21H17NS2/c1-2-7-15-14(6-1)11-12-16-20(15)22-17-8-3-4-9-18(17)24-21(16)19-10-5-13-23-19/h1-10,13,16,21H,11-12H2/t16-,21+/m0/s1. The van der Waals surface area contributed by atoms with Gasteiger partial charge in [0, 0.05) is 15.7 Å². The van der Waals surface area contributed by atoms with Crippen LogP contribution in [0.4, 0.5) is 5.69 Å². The van der Waals surface area contributed by atoms with Crippen molar-refractivity contribution in [2.45, 2.75) is 23.0 Å². The summed E-state index contributed by atoms with van der Waals surface area (Å²) in [5.74, 6) is 0.482. The molecule has 0 N–H and O–H groups in total. The molecular weight excluding hydrogens is 330 g/mol. The molecule has 24 heavy (non-hydrogen) atoms. The van der Waals surface area contributed by atoms with Crippen LogP contribution in [0.25, 0.3) is 0 Å². The molecule has 1 aromatic heterocycles. The highest BCUT2D eigenvalue weighted by Gasteiger charge is 2.36. The van der Waals surface area contributed by atoms with Gasteiger partial charge in [0.25, 0.3) is 0 Å². The summed E-state index contributed by atoms with van der Waals surface area (Å²) in [5, 5.41) is 2.65. The van der Waals surface area contributed by atoms with Gasteiger partial charge >= 0.3 is 0 Å². The molecule has 3 heteroatoms. The summed E-state index contributed by atoms with van der Waals surface area (Å²) < 4.78 is 0. The third-order valence-corrected chi connectivity index (χ3v) is 7.46. The Bertz CT molecular complexity index is 911. The van der Waals surface area contributed by atoms with Crippen molar-refractivity contribution in [2.75, 3.05) is 0 Å². The van der Waals surface area contributed by atoms with Crippen LogP contribution in [0.1, 0.15) is 27.7 Å². The van der Waals surface area contributed by atoms with Crippen molar-refractivity contribution in [1.29, 1.82) is 0 Å². The number of nitrogens with zero attached hydrogens (tertiary/aromatic N) is 1. The predicted molar refractivity (Wildman–Crippen MR) is 104 cm³/mol. The Morgan fingerprint density at radius 1 is 0.917 bits per heavy atom. The van der Waals surface area contributed by atoms with Gasteiger partial charge in [0.15, 0.2) is 0 Å². The van der Waals surface area contributed by atoms with Gasteiger partial charge in [-0.15, -0.1) is 23.1 Å². The average Bonchev–Trinajstić information content (AvgIpc) is 3.10. The van der Waals surface area contributed by atoms with E-state index in [2.05, 4.69) is 66.0 Å². The first kappa shape index (κ1) is 14.5. The van der Waals surface area contributed by atoms with Crippen LogP contribution in [0.15, 0.2) is 75.9 Å². The average molecular weight is 348 g/mol. The quantitative estimate of drug-likeness (QED) is 0.505. The number of benzene rings is 2. The second-order valence-electron chi connectivity index (χ2n) is 6.32. The lowest BCUT2D eigenvalue weighted by Crippen LogP contribution is -2.26. The molecule has 0 spiro atoms. The van der Waals surface area contributed by atoms with Gasteiger partial charge in [0.1, 0.15) is 0 Å². The number of hydrogen-bond donors (Lipinski definition) is 0. The molecule has 0 saturated heterocycles. The van der Waals surface area contributed by atoms with E-state index in [4.69, 9.17) is 4.99 Å². The Morgan fingerprint density at radius 2 is 1.79 bits per heavy atom. The van der Waals surface area contributed by atoms with Crippen molar-refractivity contribution in [3.05, 3.63) is 82.0 Å². The molecule has 2 aromatic carbocycles.